The van der Waals surface area contributed by atoms with E-state index in [1.807, 2.05) is 12.1 Å². The van der Waals surface area contributed by atoms with Crippen molar-refractivity contribution in [2.45, 2.75) is 52.4 Å². The predicted molar refractivity (Wildman–Crippen MR) is 120 cm³/mol. The molecule has 0 heterocycles. The summed E-state index contributed by atoms with van der Waals surface area (Å²) in [7, 11) is 0. The van der Waals surface area contributed by atoms with Crippen molar-refractivity contribution in [3.8, 4) is 0 Å². The molecule has 0 radical (unpaired) electrons. The second-order valence-corrected chi connectivity index (χ2v) is 9.38. The number of carbonyl (C=O) groups excluding carboxylic acids is 2. The summed E-state index contributed by atoms with van der Waals surface area (Å²) in [6.07, 6.45) is 0. The van der Waals surface area contributed by atoms with Crippen molar-refractivity contribution < 1.29 is 9.59 Å². The molecule has 156 valence electrons. The number of hydrogen-bond donors (Lipinski definition) is 3. The Kier molecular flexibility index (Phi) is 6.85. The number of amides is 2. The summed E-state index contributed by atoms with van der Waals surface area (Å²) in [4.78, 5) is 25.1. The van der Waals surface area contributed by atoms with E-state index in [4.69, 9.17) is 5.73 Å². The first kappa shape index (κ1) is 22.6. The highest BCUT2D eigenvalue weighted by Gasteiger charge is 2.22. The van der Waals surface area contributed by atoms with Gasteiger partial charge in [-0.25, -0.2) is 0 Å². The van der Waals surface area contributed by atoms with Crippen LogP contribution in [0.25, 0.3) is 0 Å². The zero-order valence-corrected chi connectivity index (χ0v) is 18.3. The largest absolute Gasteiger partial charge is 0.351 e. The molecule has 0 saturated carbocycles. The molecule has 5 nitrogen and oxygen atoms in total. The smallest absolute Gasteiger partial charge is 0.255 e. The fourth-order valence-corrected chi connectivity index (χ4v) is 2.85. The van der Waals surface area contributed by atoms with Crippen molar-refractivity contribution >= 4 is 17.5 Å². The van der Waals surface area contributed by atoms with Gasteiger partial charge in [-0.15, -0.1) is 0 Å². The molecular formula is C24H33N3O2. The van der Waals surface area contributed by atoms with Gasteiger partial charge in [0.1, 0.15) is 0 Å². The molecule has 5 heteroatoms. The molecule has 0 saturated heterocycles. The number of nitrogens with one attached hydrogen (secondary N) is 2. The molecule has 0 atom stereocenters. The third kappa shape index (κ3) is 6.16. The predicted octanol–water partition coefficient (Wildman–Crippen LogP) is 4.22. The van der Waals surface area contributed by atoms with Gasteiger partial charge in [0.25, 0.3) is 11.8 Å². The van der Waals surface area contributed by atoms with Gasteiger partial charge in [-0.05, 0) is 52.3 Å². The van der Waals surface area contributed by atoms with Crippen molar-refractivity contribution in [3.63, 3.8) is 0 Å². The molecule has 2 aromatic carbocycles. The van der Waals surface area contributed by atoms with Crippen LogP contribution in [0.2, 0.25) is 0 Å². The number of hydrogen-bond acceptors (Lipinski definition) is 3. The molecule has 0 unspecified atom stereocenters. The number of nitrogens with two attached hydrogens (primary N) is 1. The lowest BCUT2D eigenvalue weighted by molar-refractivity contribution is 0.0953. The lowest BCUT2D eigenvalue weighted by Gasteiger charge is -2.26. The van der Waals surface area contributed by atoms with Crippen LogP contribution in [-0.2, 0) is 10.8 Å². The molecule has 2 amide bonds. The Bertz CT molecular complexity index is 857. The molecule has 4 N–H and O–H groups in total. The lowest BCUT2D eigenvalue weighted by atomic mass is 9.79. The van der Waals surface area contributed by atoms with E-state index in [1.54, 1.807) is 24.3 Å². The Morgan fingerprint density at radius 3 is 1.93 bits per heavy atom. The summed E-state index contributed by atoms with van der Waals surface area (Å²) in [5.74, 6) is -0.405. The van der Waals surface area contributed by atoms with Gasteiger partial charge >= 0.3 is 0 Å². The molecule has 0 aliphatic heterocycles. The van der Waals surface area contributed by atoms with E-state index >= 15 is 0 Å². The van der Waals surface area contributed by atoms with Crippen molar-refractivity contribution in [3.05, 3.63) is 64.7 Å². The molecule has 0 aliphatic rings. The minimum absolute atomic E-state index is 0.0721. The third-order valence-corrected chi connectivity index (χ3v) is 4.74. The van der Waals surface area contributed by atoms with E-state index in [1.165, 1.54) is 0 Å². The average Bonchev–Trinajstić information content (AvgIpc) is 2.64. The Labute approximate surface area is 174 Å². The molecule has 0 bridgehead atoms. The van der Waals surface area contributed by atoms with Gasteiger partial charge in [0.05, 0.1) is 0 Å². The minimum Gasteiger partial charge on any atom is -0.351 e. The minimum atomic E-state index is -0.212. The van der Waals surface area contributed by atoms with Crippen LogP contribution >= 0.6 is 0 Å². The highest BCUT2D eigenvalue weighted by molar-refractivity contribution is 6.05. The SMILES string of the molecule is CC(C)(C)c1cc(C(=O)Nc2cccc(C(=O)NCCN)c2)cc(C(C)(C)C)c1. The van der Waals surface area contributed by atoms with Gasteiger partial charge in [0.2, 0.25) is 0 Å². The number of anilines is 1. The van der Waals surface area contributed by atoms with Gasteiger partial charge < -0.3 is 16.4 Å². The van der Waals surface area contributed by atoms with E-state index in [0.29, 0.717) is 29.9 Å². The van der Waals surface area contributed by atoms with Crippen molar-refractivity contribution in [1.82, 2.24) is 5.32 Å². The summed E-state index contributed by atoms with van der Waals surface area (Å²) >= 11 is 0. The summed E-state index contributed by atoms with van der Waals surface area (Å²) in [5, 5.41) is 5.66. The van der Waals surface area contributed by atoms with Gasteiger partial charge in [-0.1, -0.05) is 53.7 Å². The molecular weight excluding hydrogens is 362 g/mol. The first-order valence-corrected chi connectivity index (χ1v) is 9.97. The van der Waals surface area contributed by atoms with E-state index in [2.05, 4.69) is 58.2 Å². The number of carbonyl (C=O) groups is 2. The van der Waals surface area contributed by atoms with E-state index < -0.39 is 0 Å². The Morgan fingerprint density at radius 2 is 1.41 bits per heavy atom. The normalized spacial score (nSPS) is 11.8. The maximum absolute atomic E-state index is 13.0. The molecule has 2 aromatic rings. The number of benzene rings is 2. The van der Waals surface area contributed by atoms with Crippen LogP contribution in [0.1, 0.15) is 73.4 Å². The first-order valence-electron chi connectivity index (χ1n) is 9.97. The Morgan fingerprint density at radius 1 is 0.828 bits per heavy atom. The maximum Gasteiger partial charge on any atom is 0.255 e. The third-order valence-electron chi connectivity index (χ3n) is 4.74. The van der Waals surface area contributed by atoms with E-state index in [-0.39, 0.29) is 22.6 Å². The van der Waals surface area contributed by atoms with E-state index in [9.17, 15) is 9.59 Å². The molecule has 0 spiro atoms. The molecule has 0 aliphatic carbocycles. The van der Waals surface area contributed by atoms with Crippen LogP contribution in [0.15, 0.2) is 42.5 Å². The summed E-state index contributed by atoms with van der Waals surface area (Å²) in [6.45, 7) is 13.6. The number of rotatable bonds is 5. The lowest BCUT2D eigenvalue weighted by Crippen LogP contribution is -2.29. The summed E-state index contributed by atoms with van der Waals surface area (Å²) in [6, 6.07) is 13.0. The maximum atomic E-state index is 13.0. The Hall–Kier alpha value is -2.66. The monoisotopic (exact) mass is 395 g/mol. The van der Waals surface area contributed by atoms with Crippen LogP contribution < -0.4 is 16.4 Å². The molecule has 0 aromatic heterocycles. The zero-order valence-electron chi connectivity index (χ0n) is 18.3. The second-order valence-electron chi connectivity index (χ2n) is 9.38. The van der Waals surface area contributed by atoms with Crippen LogP contribution in [-0.4, -0.2) is 24.9 Å². The highest BCUT2D eigenvalue weighted by atomic mass is 16.2. The van der Waals surface area contributed by atoms with Crippen molar-refractivity contribution in [2.75, 3.05) is 18.4 Å². The van der Waals surface area contributed by atoms with Gasteiger partial charge in [-0.3, -0.25) is 9.59 Å². The Balaban J connectivity index is 2.32. The molecule has 2 rings (SSSR count). The second kappa shape index (κ2) is 8.78. The summed E-state index contributed by atoms with van der Waals surface area (Å²) < 4.78 is 0. The molecule has 29 heavy (non-hydrogen) atoms. The van der Waals surface area contributed by atoms with Crippen molar-refractivity contribution in [2.24, 2.45) is 5.73 Å². The van der Waals surface area contributed by atoms with Gasteiger partial charge in [-0.2, -0.15) is 0 Å². The summed E-state index contributed by atoms with van der Waals surface area (Å²) in [5.41, 5.74) is 9.19. The van der Waals surface area contributed by atoms with E-state index in [0.717, 1.165) is 11.1 Å². The van der Waals surface area contributed by atoms with Gasteiger partial charge in [0.15, 0.2) is 0 Å². The van der Waals surface area contributed by atoms with Crippen molar-refractivity contribution in [1.29, 1.82) is 0 Å². The first-order chi connectivity index (χ1) is 13.4. The standard InChI is InChI=1S/C24H33N3O2/c1-23(2,3)18-12-17(13-19(15-18)24(4,5)6)22(29)27-20-9-7-8-16(14-20)21(28)26-11-10-25/h7-9,12-15H,10-11,25H2,1-6H3,(H,26,28)(H,27,29). The highest BCUT2D eigenvalue weighted by Crippen LogP contribution is 2.30. The quantitative estimate of drug-likeness (QED) is 0.708. The zero-order chi connectivity index (χ0) is 21.8. The van der Waals surface area contributed by atoms with Crippen LogP contribution in [0.5, 0.6) is 0 Å². The molecule has 0 fully saturated rings. The fraction of sp³-hybridized carbons (Fsp3) is 0.417. The topological polar surface area (TPSA) is 84.2 Å². The average molecular weight is 396 g/mol. The van der Waals surface area contributed by atoms with Crippen LogP contribution in [0, 0.1) is 0 Å². The van der Waals surface area contributed by atoms with Crippen LogP contribution in [0.3, 0.4) is 0 Å². The van der Waals surface area contributed by atoms with Crippen LogP contribution in [0.4, 0.5) is 5.69 Å². The fourth-order valence-electron chi connectivity index (χ4n) is 2.85. The van der Waals surface area contributed by atoms with Gasteiger partial charge in [0, 0.05) is 29.9 Å².